The summed E-state index contributed by atoms with van der Waals surface area (Å²) in [6, 6.07) is 12.5. The van der Waals surface area contributed by atoms with Crippen LogP contribution < -0.4 is 15.4 Å². The molecule has 140 valence electrons. The fourth-order valence-electron chi connectivity index (χ4n) is 2.11. The van der Waals surface area contributed by atoms with Gasteiger partial charge < -0.3 is 15.4 Å². The molecule has 0 aliphatic carbocycles. The SMILES string of the molecule is CN=C(NCc1ccc(OCC(F)(F)F)cc1)NCc1cccc(F)c1. The van der Waals surface area contributed by atoms with Crippen molar-refractivity contribution < 1.29 is 22.3 Å². The van der Waals surface area contributed by atoms with Crippen molar-refractivity contribution in [2.75, 3.05) is 13.7 Å². The van der Waals surface area contributed by atoms with E-state index in [0.717, 1.165) is 11.1 Å². The Morgan fingerprint density at radius 2 is 1.65 bits per heavy atom. The maximum Gasteiger partial charge on any atom is 0.422 e. The number of nitrogens with zero attached hydrogens (tertiary/aromatic N) is 1. The van der Waals surface area contributed by atoms with Gasteiger partial charge in [-0.15, -0.1) is 0 Å². The molecular weight excluding hydrogens is 350 g/mol. The zero-order chi connectivity index (χ0) is 19.0. The van der Waals surface area contributed by atoms with Crippen LogP contribution in [0.4, 0.5) is 17.6 Å². The lowest BCUT2D eigenvalue weighted by Gasteiger charge is -2.13. The molecule has 26 heavy (non-hydrogen) atoms. The molecule has 2 N–H and O–H groups in total. The molecule has 0 saturated carbocycles. The number of hydrogen-bond donors (Lipinski definition) is 2. The van der Waals surface area contributed by atoms with Crippen LogP contribution in [-0.4, -0.2) is 25.8 Å². The van der Waals surface area contributed by atoms with Crippen LogP contribution in [0.5, 0.6) is 5.75 Å². The second-order valence-electron chi connectivity index (χ2n) is 5.46. The van der Waals surface area contributed by atoms with Crippen molar-refractivity contribution in [3.63, 3.8) is 0 Å². The van der Waals surface area contributed by atoms with Crippen molar-refractivity contribution in [3.05, 3.63) is 65.5 Å². The molecule has 2 aromatic carbocycles. The summed E-state index contributed by atoms with van der Waals surface area (Å²) in [5, 5.41) is 6.12. The van der Waals surface area contributed by atoms with Gasteiger partial charge in [0.2, 0.25) is 0 Å². The molecule has 2 rings (SSSR count). The minimum atomic E-state index is -4.36. The smallest absolute Gasteiger partial charge is 0.422 e. The summed E-state index contributed by atoms with van der Waals surface area (Å²) in [5.41, 5.74) is 1.62. The van der Waals surface area contributed by atoms with Crippen LogP contribution in [-0.2, 0) is 13.1 Å². The molecule has 0 atom stereocenters. The van der Waals surface area contributed by atoms with E-state index in [1.807, 2.05) is 0 Å². The third-order valence-electron chi connectivity index (χ3n) is 3.36. The first-order valence-electron chi connectivity index (χ1n) is 7.83. The molecular formula is C18H19F4N3O. The van der Waals surface area contributed by atoms with Gasteiger partial charge >= 0.3 is 6.18 Å². The third-order valence-corrected chi connectivity index (χ3v) is 3.36. The first-order chi connectivity index (χ1) is 12.4. The molecule has 8 heteroatoms. The molecule has 4 nitrogen and oxygen atoms in total. The molecule has 0 radical (unpaired) electrons. The standard InChI is InChI=1S/C18H19F4N3O/c1-23-17(25-11-14-3-2-4-15(19)9-14)24-10-13-5-7-16(8-6-13)26-12-18(20,21)22/h2-9H,10-12H2,1H3,(H2,23,24,25). The number of nitrogens with one attached hydrogen (secondary N) is 2. The Hall–Kier alpha value is -2.77. The molecule has 0 heterocycles. The fourth-order valence-corrected chi connectivity index (χ4v) is 2.11. The molecule has 0 unspecified atom stereocenters. The number of ether oxygens (including phenoxy) is 1. The molecule has 0 aliphatic rings. The van der Waals surface area contributed by atoms with Crippen LogP contribution in [0.3, 0.4) is 0 Å². The van der Waals surface area contributed by atoms with Crippen molar-refractivity contribution in [1.29, 1.82) is 0 Å². The van der Waals surface area contributed by atoms with Gasteiger partial charge in [0.05, 0.1) is 0 Å². The van der Waals surface area contributed by atoms with Gasteiger partial charge in [0.15, 0.2) is 12.6 Å². The summed E-state index contributed by atoms with van der Waals surface area (Å²) < 4.78 is 54.1. The molecule has 0 spiro atoms. The first kappa shape index (κ1) is 19.6. The van der Waals surface area contributed by atoms with Crippen molar-refractivity contribution in [2.45, 2.75) is 19.3 Å². The van der Waals surface area contributed by atoms with Crippen LogP contribution in [0.1, 0.15) is 11.1 Å². The van der Waals surface area contributed by atoms with Crippen molar-refractivity contribution in [2.24, 2.45) is 4.99 Å². The highest BCUT2D eigenvalue weighted by molar-refractivity contribution is 5.79. The minimum Gasteiger partial charge on any atom is -0.484 e. The summed E-state index contributed by atoms with van der Waals surface area (Å²) in [6.45, 7) is -0.495. The minimum absolute atomic E-state index is 0.152. The van der Waals surface area contributed by atoms with Crippen LogP contribution in [0.15, 0.2) is 53.5 Å². The molecule has 0 amide bonds. The van der Waals surface area contributed by atoms with Crippen molar-refractivity contribution in [1.82, 2.24) is 10.6 Å². The number of benzene rings is 2. The highest BCUT2D eigenvalue weighted by Gasteiger charge is 2.28. The Morgan fingerprint density at radius 3 is 2.23 bits per heavy atom. The molecule has 2 aromatic rings. The average molecular weight is 369 g/mol. The Balaban J connectivity index is 1.80. The maximum absolute atomic E-state index is 13.1. The second-order valence-corrected chi connectivity index (χ2v) is 5.46. The Bertz CT molecular complexity index is 730. The van der Waals surface area contributed by atoms with Gasteiger partial charge in [-0.2, -0.15) is 13.2 Å². The van der Waals surface area contributed by atoms with Crippen LogP contribution in [0.2, 0.25) is 0 Å². The quantitative estimate of drug-likeness (QED) is 0.464. The number of alkyl halides is 3. The molecule has 0 saturated heterocycles. The average Bonchev–Trinajstić information content (AvgIpc) is 2.60. The lowest BCUT2D eigenvalue weighted by Crippen LogP contribution is -2.36. The summed E-state index contributed by atoms with van der Waals surface area (Å²) in [6.07, 6.45) is -4.36. The zero-order valence-electron chi connectivity index (χ0n) is 14.1. The number of rotatable bonds is 6. The van der Waals surface area contributed by atoms with E-state index in [9.17, 15) is 17.6 Å². The van der Waals surface area contributed by atoms with Gasteiger partial charge in [-0.05, 0) is 35.4 Å². The van der Waals surface area contributed by atoms with E-state index < -0.39 is 12.8 Å². The summed E-state index contributed by atoms with van der Waals surface area (Å²) in [4.78, 5) is 4.07. The monoisotopic (exact) mass is 369 g/mol. The van der Waals surface area contributed by atoms with Gasteiger partial charge in [0.1, 0.15) is 11.6 Å². The normalized spacial score (nSPS) is 12.0. The largest absolute Gasteiger partial charge is 0.484 e. The van der Waals surface area contributed by atoms with E-state index in [1.165, 1.54) is 24.3 Å². The van der Waals surface area contributed by atoms with Crippen molar-refractivity contribution in [3.8, 4) is 5.75 Å². The van der Waals surface area contributed by atoms with Crippen LogP contribution >= 0.6 is 0 Å². The molecule has 0 aromatic heterocycles. The third kappa shape index (κ3) is 7.00. The van der Waals surface area contributed by atoms with E-state index in [1.54, 1.807) is 31.3 Å². The maximum atomic E-state index is 13.1. The Morgan fingerprint density at radius 1 is 1.00 bits per heavy atom. The Kier molecular flexibility index (Phi) is 6.82. The van der Waals surface area contributed by atoms with Gasteiger partial charge in [-0.1, -0.05) is 24.3 Å². The lowest BCUT2D eigenvalue weighted by atomic mass is 10.2. The van der Waals surface area contributed by atoms with Gasteiger partial charge in [-0.3, -0.25) is 4.99 Å². The topological polar surface area (TPSA) is 45.7 Å². The van der Waals surface area contributed by atoms with E-state index >= 15 is 0 Å². The molecule has 0 fully saturated rings. The fraction of sp³-hybridized carbons (Fsp3) is 0.278. The summed E-state index contributed by atoms with van der Waals surface area (Å²) in [5.74, 6) is 0.367. The predicted molar refractivity (Wildman–Crippen MR) is 91.4 cm³/mol. The van der Waals surface area contributed by atoms with Crippen molar-refractivity contribution >= 4 is 5.96 Å². The van der Waals surface area contributed by atoms with E-state index in [0.29, 0.717) is 19.0 Å². The zero-order valence-corrected chi connectivity index (χ0v) is 14.1. The number of guanidine groups is 1. The van der Waals surface area contributed by atoms with Gasteiger partial charge in [0.25, 0.3) is 0 Å². The molecule has 0 bridgehead atoms. The predicted octanol–water partition coefficient (Wildman–Crippen LogP) is 3.63. The van der Waals surface area contributed by atoms with Gasteiger partial charge in [-0.25, -0.2) is 4.39 Å². The number of hydrogen-bond acceptors (Lipinski definition) is 2. The second kappa shape index (κ2) is 9.07. The van der Waals surface area contributed by atoms with Crippen LogP contribution in [0.25, 0.3) is 0 Å². The lowest BCUT2D eigenvalue weighted by molar-refractivity contribution is -0.153. The van der Waals surface area contributed by atoms with E-state index in [-0.39, 0.29) is 11.6 Å². The molecule has 0 aliphatic heterocycles. The van der Waals surface area contributed by atoms with Gasteiger partial charge in [0, 0.05) is 20.1 Å². The van der Waals surface area contributed by atoms with E-state index in [2.05, 4.69) is 20.4 Å². The number of aliphatic imine (C=N–C) groups is 1. The highest BCUT2D eigenvalue weighted by atomic mass is 19.4. The highest BCUT2D eigenvalue weighted by Crippen LogP contribution is 2.18. The summed E-state index contributed by atoms with van der Waals surface area (Å²) >= 11 is 0. The van der Waals surface area contributed by atoms with E-state index in [4.69, 9.17) is 0 Å². The Labute approximate surface area is 148 Å². The summed E-state index contributed by atoms with van der Waals surface area (Å²) in [7, 11) is 1.61. The van der Waals surface area contributed by atoms with Crippen LogP contribution in [0, 0.1) is 5.82 Å². The first-order valence-corrected chi connectivity index (χ1v) is 7.83. The number of halogens is 4.